The van der Waals surface area contributed by atoms with Crippen LogP contribution in [0.3, 0.4) is 0 Å². The van der Waals surface area contributed by atoms with Gasteiger partial charge < -0.3 is 5.32 Å². The first-order chi connectivity index (χ1) is 12.5. The molecule has 0 aromatic heterocycles. The lowest BCUT2D eigenvalue weighted by molar-refractivity contribution is -0.127. The highest BCUT2D eigenvalue weighted by molar-refractivity contribution is 7.88. The van der Waals surface area contributed by atoms with Gasteiger partial charge in [0.15, 0.2) is 0 Å². The Bertz CT molecular complexity index is 780. The largest absolute Gasteiger partial charge is 0.348 e. The molecule has 1 aromatic carbocycles. The van der Waals surface area contributed by atoms with E-state index in [4.69, 9.17) is 23.2 Å². The summed E-state index contributed by atoms with van der Waals surface area (Å²) >= 11 is 12.1. The van der Waals surface area contributed by atoms with Gasteiger partial charge in [-0.3, -0.25) is 9.69 Å². The summed E-state index contributed by atoms with van der Waals surface area (Å²) in [7, 11) is -1.58. The number of piperidine rings is 1. The fourth-order valence-electron chi connectivity index (χ4n) is 3.34. The Hall–Kier alpha value is -0.860. The van der Waals surface area contributed by atoms with E-state index in [1.54, 1.807) is 19.2 Å². The van der Waals surface area contributed by atoms with E-state index in [9.17, 15) is 13.2 Å². The molecule has 2 unspecified atom stereocenters. The van der Waals surface area contributed by atoms with Gasteiger partial charge >= 0.3 is 0 Å². The highest BCUT2D eigenvalue weighted by atomic mass is 35.5. The number of nitrogens with one attached hydrogen (secondary N) is 1. The number of carbonyl (C=O) groups excluding carboxylic acids is 1. The third kappa shape index (κ3) is 5.81. The van der Waals surface area contributed by atoms with Crippen LogP contribution in [0.2, 0.25) is 10.0 Å². The molecule has 1 aromatic rings. The molecule has 0 saturated carbocycles. The molecule has 9 heteroatoms. The van der Waals surface area contributed by atoms with Crippen molar-refractivity contribution in [3.63, 3.8) is 0 Å². The lowest BCUT2D eigenvalue weighted by atomic mass is 10.0. The van der Waals surface area contributed by atoms with Crippen LogP contribution in [0, 0.1) is 0 Å². The second-order valence-electron chi connectivity index (χ2n) is 7.12. The molecule has 1 amide bonds. The van der Waals surface area contributed by atoms with Crippen molar-refractivity contribution in [3.05, 3.63) is 33.8 Å². The second kappa shape index (κ2) is 9.09. The number of benzene rings is 1. The van der Waals surface area contributed by atoms with Crippen LogP contribution in [0.1, 0.15) is 38.3 Å². The number of nitrogens with zero attached hydrogens (tertiary/aromatic N) is 2. The minimum Gasteiger partial charge on any atom is -0.348 e. The Kier molecular flexibility index (Phi) is 7.55. The molecule has 1 aliphatic heterocycles. The minimum absolute atomic E-state index is 0.0155. The van der Waals surface area contributed by atoms with Crippen LogP contribution in [-0.4, -0.2) is 62.0 Å². The molecule has 1 N–H and O–H groups in total. The predicted molar refractivity (Wildman–Crippen MR) is 110 cm³/mol. The molecule has 27 heavy (non-hydrogen) atoms. The van der Waals surface area contributed by atoms with Crippen LogP contribution in [0.15, 0.2) is 18.2 Å². The number of hydrogen-bond acceptors (Lipinski definition) is 4. The molecule has 1 saturated heterocycles. The van der Waals surface area contributed by atoms with Gasteiger partial charge in [0.2, 0.25) is 15.9 Å². The third-order valence-electron chi connectivity index (χ3n) is 5.25. The molecule has 1 heterocycles. The summed E-state index contributed by atoms with van der Waals surface area (Å²) in [5.41, 5.74) is 0.815. The van der Waals surface area contributed by atoms with Crippen LogP contribution in [-0.2, 0) is 14.8 Å². The second-order valence-corrected chi connectivity index (χ2v) is 10.0. The number of sulfonamides is 1. The van der Waals surface area contributed by atoms with Gasteiger partial charge in [-0.1, -0.05) is 29.3 Å². The number of hydrogen-bond donors (Lipinski definition) is 1. The maximum Gasteiger partial charge on any atom is 0.237 e. The van der Waals surface area contributed by atoms with Crippen molar-refractivity contribution in [2.24, 2.45) is 0 Å². The van der Waals surface area contributed by atoms with Gasteiger partial charge in [0.1, 0.15) is 0 Å². The number of rotatable bonds is 6. The fourth-order valence-corrected chi connectivity index (χ4v) is 4.66. The van der Waals surface area contributed by atoms with Crippen molar-refractivity contribution in [1.29, 1.82) is 0 Å². The number of carbonyl (C=O) groups is 1. The van der Waals surface area contributed by atoms with Crippen LogP contribution in [0.25, 0.3) is 0 Å². The lowest BCUT2D eigenvalue weighted by Gasteiger charge is -2.38. The molecular formula is C18H27Cl2N3O3S. The average molecular weight is 436 g/mol. The van der Waals surface area contributed by atoms with Crippen LogP contribution < -0.4 is 5.32 Å². The van der Waals surface area contributed by atoms with Crippen molar-refractivity contribution < 1.29 is 13.2 Å². The van der Waals surface area contributed by atoms with E-state index < -0.39 is 10.0 Å². The minimum atomic E-state index is -3.20. The van der Waals surface area contributed by atoms with Crippen LogP contribution in [0.5, 0.6) is 0 Å². The molecule has 0 aliphatic carbocycles. The Balaban J connectivity index is 1.92. The summed E-state index contributed by atoms with van der Waals surface area (Å²) in [6.07, 6.45) is 2.64. The SMILES string of the molecule is CC(NC(=O)C(C)N1CCC(N(C)S(C)(=O)=O)CC1)c1ccc(Cl)cc1Cl. The van der Waals surface area contributed by atoms with Crippen LogP contribution in [0.4, 0.5) is 0 Å². The van der Waals surface area contributed by atoms with Crippen molar-refractivity contribution in [2.75, 3.05) is 26.4 Å². The highest BCUT2D eigenvalue weighted by Crippen LogP contribution is 2.26. The first-order valence-corrected chi connectivity index (χ1v) is 11.5. The van der Waals surface area contributed by atoms with Gasteiger partial charge in [0.25, 0.3) is 0 Å². The number of amides is 1. The van der Waals surface area contributed by atoms with E-state index >= 15 is 0 Å². The molecular weight excluding hydrogens is 409 g/mol. The Morgan fingerprint density at radius 1 is 1.26 bits per heavy atom. The van der Waals surface area contributed by atoms with E-state index in [0.717, 1.165) is 5.56 Å². The summed E-state index contributed by atoms with van der Waals surface area (Å²) in [6, 6.07) is 4.66. The summed E-state index contributed by atoms with van der Waals surface area (Å²) < 4.78 is 24.8. The molecule has 152 valence electrons. The zero-order valence-electron chi connectivity index (χ0n) is 16.1. The summed E-state index contributed by atoms with van der Waals surface area (Å²) in [6.45, 7) is 5.10. The number of likely N-dealkylation sites (tertiary alicyclic amines) is 1. The first-order valence-electron chi connectivity index (χ1n) is 8.93. The molecule has 6 nitrogen and oxygen atoms in total. The predicted octanol–water partition coefficient (Wildman–Crippen LogP) is 2.91. The monoisotopic (exact) mass is 435 g/mol. The highest BCUT2D eigenvalue weighted by Gasteiger charge is 2.31. The Morgan fingerprint density at radius 3 is 2.37 bits per heavy atom. The summed E-state index contributed by atoms with van der Waals surface area (Å²) in [4.78, 5) is 14.7. The van der Waals surface area contributed by atoms with Crippen LogP contribution >= 0.6 is 23.2 Å². The van der Waals surface area contributed by atoms with E-state index in [1.807, 2.05) is 19.9 Å². The quantitative estimate of drug-likeness (QED) is 0.745. The Morgan fingerprint density at radius 2 is 1.85 bits per heavy atom. The molecule has 0 radical (unpaired) electrons. The zero-order valence-corrected chi connectivity index (χ0v) is 18.4. The molecule has 0 bridgehead atoms. The van der Waals surface area contributed by atoms with Crippen molar-refractivity contribution in [2.45, 2.75) is 44.8 Å². The maximum absolute atomic E-state index is 12.7. The van der Waals surface area contributed by atoms with Crippen molar-refractivity contribution >= 4 is 39.1 Å². The smallest absolute Gasteiger partial charge is 0.237 e. The van der Waals surface area contributed by atoms with E-state index in [1.165, 1.54) is 10.6 Å². The molecule has 1 aliphatic rings. The van der Waals surface area contributed by atoms with E-state index in [-0.39, 0.29) is 24.0 Å². The number of halogens is 2. The van der Waals surface area contributed by atoms with Gasteiger partial charge in [-0.25, -0.2) is 12.7 Å². The van der Waals surface area contributed by atoms with Crippen molar-refractivity contribution in [3.8, 4) is 0 Å². The molecule has 1 fully saturated rings. The summed E-state index contributed by atoms with van der Waals surface area (Å²) in [5, 5.41) is 4.07. The molecule has 2 atom stereocenters. The normalized spacial score (nSPS) is 19.1. The zero-order chi connectivity index (χ0) is 20.4. The fraction of sp³-hybridized carbons (Fsp3) is 0.611. The topological polar surface area (TPSA) is 69.7 Å². The molecule has 0 spiro atoms. The molecule has 2 rings (SSSR count). The van der Waals surface area contributed by atoms with Gasteiger partial charge in [0.05, 0.1) is 18.3 Å². The average Bonchev–Trinajstić information content (AvgIpc) is 2.59. The van der Waals surface area contributed by atoms with Gasteiger partial charge in [0, 0.05) is 36.2 Å². The van der Waals surface area contributed by atoms with E-state index in [2.05, 4.69) is 10.2 Å². The lowest BCUT2D eigenvalue weighted by Crippen LogP contribution is -2.52. The van der Waals surface area contributed by atoms with Gasteiger partial charge in [-0.05, 0) is 44.4 Å². The van der Waals surface area contributed by atoms with Gasteiger partial charge in [-0.2, -0.15) is 0 Å². The Labute approximate surface area is 171 Å². The van der Waals surface area contributed by atoms with E-state index in [0.29, 0.717) is 36.0 Å². The summed E-state index contributed by atoms with van der Waals surface area (Å²) in [5.74, 6) is -0.0802. The van der Waals surface area contributed by atoms with Gasteiger partial charge in [-0.15, -0.1) is 0 Å². The standard InChI is InChI=1S/C18H27Cl2N3O3S/c1-12(16-6-5-14(19)11-17(16)20)21-18(24)13(2)23-9-7-15(8-10-23)22(3)27(4,25)26/h5-6,11-13,15H,7-10H2,1-4H3,(H,21,24). The van der Waals surface area contributed by atoms with Crippen molar-refractivity contribution in [1.82, 2.24) is 14.5 Å². The first kappa shape index (κ1) is 22.4. The maximum atomic E-state index is 12.7. The third-order valence-corrected chi connectivity index (χ3v) is 7.16.